The predicted octanol–water partition coefficient (Wildman–Crippen LogP) is 5.51. The third-order valence-electron chi connectivity index (χ3n) is 8.39. The molecule has 0 spiro atoms. The number of carbonyl (C=O) groups excluding carboxylic acids is 2. The topological polar surface area (TPSA) is 121 Å². The summed E-state index contributed by atoms with van der Waals surface area (Å²) in [6.07, 6.45) is 7.60. The lowest BCUT2D eigenvalue weighted by Gasteiger charge is -2.30. The molecule has 2 aromatic carbocycles. The Morgan fingerprint density at radius 2 is 2.07 bits per heavy atom. The molecule has 1 aromatic heterocycles. The van der Waals surface area contributed by atoms with Crippen molar-refractivity contribution in [2.45, 2.75) is 68.7 Å². The van der Waals surface area contributed by atoms with Crippen molar-refractivity contribution in [3.05, 3.63) is 64.9 Å². The van der Waals surface area contributed by atoms with Gasteiger partial charge in [0.25, 0.3) is 5.19 Å². The number of carboxylic acids is 1. The second kappa shape index (κ2) is 12.2. The normalized spacial score (nSPS) is 28.7. The number of halogens is 2. The fourth-order valence-electron chi connectivity index (χ4n) is 6.00. The molecule has 43 heavy (non-hydrogen) atoms. The summed E-state index contributed by atoms with van der Waals surface area (Å²) in [5, 5.41) is 16.5. The molecule has 9 nitrogen and oxygen atoms in total. The number of thiazole rings is 1. The van der Waals surface area contributed by atoms with E-state index in [9.17, 15) is 23.9 Å². The Labute approximate surface area is 260 Å². The van der Waals surface area contributed by atoms with E-state index in [0.717, 1.165) is 40.4 Å². The number of hydrogen-bond donors (Lipinski definition) is 3. The lowest BCUT2D eigenvalue weighted by Crippen LogP contribution is -2.55. The number of aromatic nitrogens is 1. The smallest absolute Gasteiger partial charge is 0.330 e. The van der Waals surface area contributed by atoms with Gasteiger partial charge in [0.1, 0.15) is 29.5 Å². The highest BCUT2D eigenvalue weighted by atomic mass is 79.9. The van der Waals surface area contributed by atoms with Crippen molar-refractivity contribution < 1.29 is 28.6 Å². The maximum Gasteiger partial charge on any atom is 0.330 e. The van der Waals surface area contributed by atoms with Gasteiger partial charge in [-0.25, -0.2) is 14.2 Å². The van der Waals surface area contributed by atoms with E-state index in [1.54, 1.807) is 12.1 Å². The highest BCUT2D eigenvalue weighted by Crippen LogP contribution is 2.45. The molecule has 0 bridgehead atoms. The Balaban J connectivity index is 1.29. The Bertz CT molecular complexity index is 1580. The average molecular weight is 672 g/mol. The number of ether oxygens (including phenoxy) is 1. The van der Waals surface area contributed by atoms with E-state index >= 15 is 0 Å². The van der Waals surface area contributed by atoms with Gasteiger partial charge in [0.2, 0.25) is 11.8 Å². The first-order chi connectivity index (χ1) is 20.7. The van der Waals surface area contributed by atoms with E-state index in [0.29, 0.717) is 23.7 Å². The number of amides is 2. The molecule has 2 aliphatic heterocycles. The Hall–Kier alpha value is -3.51. The summed E-state index contributed by atoms with van der Waals surface area (Å²) in [4.78, 5) is 46.3. The number of nitrogens with zero attached hydrogens (tertiary/aromatic N) is 2. The van der Waals surface area contributed by atoms with Gasteiger partial charge >= 0.3 is 5.97 Å². The number of benzene rings is 2. The van der Waals surface area contributed by atoms with Crippen LogP contribution in [0.25, 0.3) is 10.2 Å². The third-order valence-corrected chi connectivity index (χ3v) is 9.79. The molecule has 1 saturated carbocycles. The van der Waals surface area contributed by atoms with E-state index in [1.807, 2.05) is 30.4 Å². The zero-order chi connectivity index (χ0) is 30.1. The maximum atomic E-state index is 14.2. The molecule has 3 aromatic rings. The van der Waals surface area contributed by atoms with Crippen LogP contribution in [0.15, 0.2) is 59.1 Å². The van der Waals surface area contributed by atoms with Crippen molar-refractivity contribution in [2.24, 2.45) is 5.92 Å². The molecule has 1 aliphatic carbocycles. The number of fused-ring (bicyclic) bond motifs is 3. The third kappa shape index (κ3) is 6.40. The van der Waals surface area contributed by atoms with Crippen molar-refractivity contribution >= 4 is 61.0 Å². The van der Waals surface area contributed by atoms with Crippen LogP contribution in [0.5, 0.6) is 5.19 Å². The number of aliphatic carboxylic acids is 1. The second-order valence-electron chi connectivity index (χ2n) is 11.4. The Morgan fingerprint density at radius 1 is 1.21 bits per heavy atom. The molecule has 2 amide bonds. The van der Waals surface area contributed by atoms with E-state index in [2.05, 4.69) is 31.5 Å². The first-order valence-corrected chi connectivity index (χ1v) is 16.1. The molecule has 12 heteroatoms. The molecular formula is C31H32BrFN4O5S. The van der Waals surface area contributed by atoms with Crippen LogP contribution in [0.4, 0.5) is 10.1 Å². The van der Waals surface area contributed by atoms with Crippen molar-refractivity contribution in [3.8, 4) is 5.19 Å². The number of allylic oxidation sites excluding steroid dienone is 1. The molecular weight excluding hydrogens is 639 g/mol. The first kappa shape index (κ1) is 29.6. The molecule has 6 rings (SSSR count). The van der Waals surface area contributed by atoms with Crippen molar-refractivity contribution in [1.29, 1.82) is 0 Å². The standard InChI is InChI=1S/C31H32BrFN4O5S/c32-19-11-12-23-26(13-19)43-30(35-23)42-22-15-25-27(38)36-31(29(40)41)16-18(31)7-4-2-1-3-5-10-24(28(39)37(25)17-22)34-21-9-6-8-20(33)14-21/h4,6-9,11-14,18,22,24-25,34H,1-3,5,10,15-17H2,(H,36,38)(H,40,41)/b7-4-/t18-,22-,24+,25+,31-/m1/s1. The fourth-order valence-corrected chi connectivity index (χ4v) is 7.43. The maximum absolute atomic E-state index is 14.2. The molecule has 3 heterocycles. The van der Waals surface area contributed by atoms with Crippen LogP contribution in [-0.2, 0) is 14.4 Å². The lowest BCUT2D eigenvalue weighted by atomic mass is 10.0. The van der Waals surface area contributed by atoms with Crippen LogP contribution in [-0.4, -0.2) is 63.0 Å². The van der Waals surface area contributed by atoms with Crippen molar-refractivity contribution in [2.75, 3.05) is 11.9 Å². The number of anilines is 1. The number of rotatable bonds is 5. The van der Waals surface area contributed by atoms with Gasteiger partial charge in [-0.05, 0) is 62.1 Å². The van der Waals surface area contributed by atoms with Crippen LogP contribution in [0.2, 0.25) is 0 Å². The van der Waals surface area contributed by atoms with Crippen LogP contribution < -0.4 is 15.4 Å². The number of carboxylic acid groups (broad SMARTS) is 1. The summed E-state index contributed by atoms with van der Waals surface area (Å²) in [6.45, 7) is 0.126. The SMILES string of the molecule is O=C1N[C@]2(C(=O)O)C[C@H]2/C=C\CCCCC[C@H](Nc2cccc(F)c2)C(=O)N2C[C@H](Oc3nc4ccc(Br)cc4s3)C[C@@H]12. The molecule has 5 atom stereocenters. The van der Waals surface area contributed by atoms with Gasteiger partial charge in [-0.15, -0.1) is 0 Å². The lowest BCUT2D eigenvalue weighted by molar-refractivity contribution is -0.145. The van der Waals surface area contributed by atoms with E-state index < -0.39 is 41.4 Å². The van der Waals surface area contributed by atoms with Crippen LogP contribution >= 0.6 is 27.3 Å². The summed E-state index contributed by atoms with van der Waals surface area (Å²) in [5.41, 5.74) is -0.139. The number of nitrogens with one attached hydrogen (secondary N) is 2. The summed E-state index contributed by atoms with van der Waals surface area (Å²) in [7, 11) is 0. The van der Waals surface area contributed by atoms with Gasteiger partial charge in [-0.1, -0.05) is 58.3 Å². The Morgan fingerprint density at radius 3 is 2.88 bits per heavy atom. The predicted molar refractivity (Wildman–Crippen MR) is 165 cm³/mol. The highest BCUT2D eigenvalue weighted by molar-refractivity contribution is 9.10. The monoisotopic (exact) mass is 670 g/mol. The van der Waals surface area contributed by atoms with Crippen molar-refractivity contribution in [3.63, 3.8) is 0 Å². The molecule has 1 saturated heterocycles. The Kier molecular flexibility index (Phi) is 8.41. The first-order valence-electron chi connectivity index (χ1n) is 14.5. The second-order valence-corrected chi connectivity index (χ2v) is 13.3. The molecule has 0 radical (unpaired) electrons. The van der Waals surface area contributed by atoms with Crippen LogP contribution in [0, 0.1) is 11.7 Å². The minimum absolute atomic E-state index is 0.126. The van der Waals surface area contributed by atoms with E-state index in [1.165, 1.54) is 28.4 Å². The molecule has 3 N–H and O–H groups in total. The molecule has 226 valence electrons. The van der Waals surface area contributed by atoms with Crippen LogP contribution in [0.1, 0.15) is 44.9 Å². The van der Waals surface area contributed by atoms with Gasteiger partial charge < -0.3 is 25.4 Å². The van der Waals surface area contributed by atoms with Gasteiger partial charge in [-0.2, -0.15) is 0 Å². The van der Waals surface area contributed by atoms with Gasteiger partial charge in [0.05, 0.1) is 16.8 Å². The number of hydrogen-bond acceptors (Lipinski definition) is 7. The average Bonchev–Trinajstić information content (AvgIpc) is 3.29. The van der Waals surface area contributed by atoms with E-state index in [4.69, 9.17) is 4.74 Å². The van der Waals surface area contributed by atoms with Gasteiger partial charge in [0.15, 0.2) is 0 Å². The molecule has 0 unspecified atom stereocenters. The fraction of sp³-hybridized carbons (Fsp3) is 0.419. The molecule has 2 fully saturated rings. The summed E-state index contributed by atoms with van der Waals surface area (Å²) in [6, 6.07) is 10.0. The minimum Gasteiger partial charge on any atom is -0.479 e. The van der Waals surface area contributed by atoms with Crippen LogP contribution in [0.3, 0.4) is 0 Å². The highest BCUT2D eigenvalue weighted by Gasteiger charge is 2.61. The zero-order valence-corrected chi connectivity index (χ0v) is 25.7. The zero-order valence-electron chi connectivity index (χ0n) is 23.3. The van der Waals surface area contributed by atoms with Crippen molar-refractivity contribution in [1.82, 2.24) is 15.2 Å². The summed E-state index contributed by atoms with van der Waals surface area (Å²) >= 11 is 4.84. The number of carbonyl (C=O) groups is 3. The quantitative estimate of drug-likeness (QED) is 0.306. The molecule has 3 aliphatic rings. The largest absolute Gasteiger partial charge is 0.479 e. The summed E-state index contributed by atoms with van der Waals surface area (Å²) < 4.78 is 22.1. The summed E-state index contributed by atoms with van der Waals surface area (Å²) in [5.74, 6) is -2.65. The van der Waals surface area contributed by atoms with Gasteiger partial charge in [-0.3, -0.25) is 9.59 Å². The van der Waals surface area contributed by atoms with E-state index in [-0.39, 0.29) is 24.8 Å². The van der Waals surface area contributed by atoms with Gasteiger partial charge in [0, 0.05) is 22.5 Å². The minimum atomic E-state index is -1.39.